The number of nitriles is 1. The lowest BCUT2D eigenvalue weighted by molar-refractivity contribution is -0.137. The number of alkyl halides is 3. The van der Waals surface area contributed by atoms with Gasteiger partial charge in [-0.15, -0.1) is 0 Å². The van der Waals surface area contributed by atoms with E-state index in [-0.39, 0.29) is 22.7 Å². The molecule has 0 N–H and O–H groups in total. The Labute approximate surface area is 205 Å². The van der Waals surface area contributed by atoms with Crippen LogP contribution >= 0.6 is 0 Å². The summed E-state index contributed by atoms with van der Waals surface area (Å²) < 4.78 is 57.5. The molecular formula is C26H30F3NO4Si. The third kappa shape index (κ3) is 6.89. The summed E-state index contributed by atoms with van der Waals surface area (Å²) in [4.78, 5) is 11.5. The topological polar surface area (TPSA) is 68.6 Å². The molecule has 0 spiro atoms. The lowest BCUT2D eigenvalue weighted by Gasteiger charge is -2.39. The third-order valence-corrected chi connectivity index (χ3v) is 11.5. The number of esters is 1. The normalized spacial score (nSPS) is 12.2. The average Bonchev–Trinajstić information content (AvgIpc) is 2.81. The molecule has 0 amide bonds. The minimum atomic E-state index is -4.56. The van der Waals surface area contributed by atoms with Crippen molar-refractivity contribution in [3.8, 4) is 17.6 Å². The van der Waals surface area contributed by atoms with Crippen molar-refractivity contribution >= 4 is 20.4 Å². The quantitative estimate of drug-likeness (QED) is 0.216. The Morgan fingerprint density at radius 3 is 2.26 bits per heavy atom. The number of carbonyl (C=O) groups is 1. The van der Waals surface area contributed by atoms with E-state index in [1.807, 2.05) is 27.7 Å². The molecule has 0 saturated carbocycles. The van der Waals surface area contributed by atoms with Gasteiger partial charge in [0.25, 0.3) is 8.32 Å². The fraction of sp³-hybridized carbons (Fsp3) is 0.385. The molecule has 9 heteroatoms. The Balaban J connectivity index is 2.61. The standard InChI is InChI=1S/C26H30F3NO4Si/c1-17(2)35(18(3)4,34-24-9-8-23(32-5)14-21(24)15-30)16-20-11-19(7-10-25(31)33-6)12-22(13-20)26(27,28)29/h7-14,17-18H,16H2,1-6H3/b10-7+. The maximum absolute atomic E-state index is 13.7. The van der Waals surface area contributed by atoms with Crippen LogP contribution in [0.4, 0.5) is 13.2 Å². The van der Waals surface area contributed by atoms with Crippen molar-refractivity contribution in [3.63, 3.8) is 0 Å². The summed E-state index contributed by atoms with van der Waals surface area (Å²) in [6.07, 6.45) is -2.17. The van der Waals surface area contributed by atoms with Crippen LogP contribution in [0.3, 0.4) is 0 Å². The summed E-state index contributed by atoms with van der Waals surface area (Å²) in [5.74, 6) is 0.235. The van der Waals surface area contributed by atoms with E-state index in [0.717, 1.165) is 18.2 Å². The predicted molar refractivity (Wildman–Crippen MR) is 130 cm³/mol. The fourth-order valence-electron chi connectivity index (χ4n) is 4.00. The highest BCUT2D eigenvalue weighted by Crippen LogP contribution is 2.40. The predicted octanol–water partition coefficient (Wildman–Crippen LogP) is 6.70. The number of nitrogens with zero attached hydrogens (tertiary/aromatic N) is 1. The Morgan fingerprint density at radius 2 is 1.74 bits per heavy atom. The number of hydrogen-bond donors (Lipinski definition) is 0. The number of ether oxygens (including phenoxy) is 2. The average molecular weight is 506 g/mol. The van der Waals surface area contributed by atoms with Gasteiger partial charge in [-0.2, -0.15) is 18.4 Å². The van der Waals surface area contributed by atoms with Crippen LogP contribution in [0.15, 0.2) is 42.5 Å². The van der Waals surface area contributed by atoms with Gasteiger partial charge in [0.15, 0.2) is 0 Å². The maximum Gasteiger partial charge on any atom is 0.416 e. The molecule has 0 saturated heterocycles. The van der Waals surface area contributed by atoms with Crippen molar-refractivity contribution in [2.45, 2.75) is 51.0 Å². The highest BCUT2D eigenvalue weighted by atomic mass is 28.4. The largest absolute Gasteiger partial charge is 0.542 e. The number of benzene rings is 2. The SMILES string of the molecule is COC(=O)/C=C/c1cc(C[Si](Oc2ccc(OC)cc2C#N)(C(C)C)C(C)C)cc(C(F)(F)F)c1. The van der Waals surface area contributed by atoms with Crippen LogP contribution in [0.25, 0.3) is 6.08 Å². The molecule has 2 rings (SSSR count). The summed E-state index contributed by atoms with van der Waals surface area (Å²) in [6.45, 7) is 7.97. The van der Waals surface area contributed by atoms with Gasteiger partial charge in [0.1, 0.15) is 17.6 Å². The molecule has 0 aliphatic rings. The van der Waals surface area contributed by atoms with Gasteiger partial charge in [-0.1, -0.05) is 33.8 Å². The van der Waals surface area contributed by atoms with E-state index in [0.29, 0.717) is 22.6 Å². The second-order valence-corrected chi connectivity index (χ2v) is 13.6. The van der Waals surface area contributed by atoms with Gasteiger partial charge in [-0.3, -0.25) is 0 Å². The van der Waals surface area contributed by atoms with Crippen LogP contribution in [-0.2, 0) is 21.8 Å². The molecular weight excluding hydrogens is 475 g/mol. The van der Waals surface area contributed by atoms with Crippen LogP contribution in [-0.4, -0.2) is 28.5 Å². The first-order valence-corrected chi connectivity index (χ1v) is 13.4. The second kappa shape index (κ2) is 11.4. The van der Waals surface area contributed by atoms with E-state index < -0.39 is 26.0 Å². The monoisotopic (exact) mass is 505 g/mol. The number of hydrogen-bond acceptors (Lipinski definition) is 5. The highest BCUT2D eigenvalue weighted by Gasteiger charge is 2.45. The number of carbonyl (C=O) groups excluding carboxylic acids is 1. The van der Waals surface area contributed by atoms with Crippen molar-refractivity contribution < 1.29 is 31.9 Å². The molecule has 0 aromatic heterocycles. The summed E-state index contributed by atoms with van der Waals surface area (Å²) in [6, 6.07) is 11.1. The molecule has 0 radical (unpaired) electrons. The molecule has 35 heavy (non-hydrogen) atoms. The van der Waals surface area contributed by atoms with Crippen molar-refractivity contribution in [1.29, 1.82) is 5.26 Å². The smallest absolute Gasteiger partial charge is 0.416 e. The molecule has 0 bridgehead atoms. The first kappa shape index (κ1) is 28.0. The zero-order valence-electron chi connectivity index (χ0n) is 20.7. The van der Waals surface area contributed by atoms with Crippen LogP contribution in [0.2, 0.25) is 11.1 Å². The first-order chi connectivity index (χ1) is 16.4. The van der Waals surface area contributed by atoms with Gasteiger partial charge in [-0.25, -0.2) is 4.79 Å². The molecule has 0 heterocycles. The summed E-state index contributed by atoms with van der Waals surface area (Å²) in [5, 5.41) is 9.65. The fourth-order valence-corrected chi connectivity index (χ4v) is 8.12. The summed E-state index contributed by atoms with van der Waals surface area (Å²) in [5.41, 5.74) is 0.202. The van der Waals surface area contributed by atoms with Gasteiger partial charge in [0, 0.05) is 18.2 Å². The minimum Gasteiger partial charge on any atom is -0.542 e. The maximum atomic E-state index is 13.7. The van der Waals surface area contributed by atoms with Crippen molar-refractivity contribution in [2.24, 2.45) is 0 Å². The van der Waals surface area contributed by atoms with Gasteiger partial charge in [0.2, 0.25) is 0 Å². The van der Waals surface area contributed by atoms with Crippen LogP contribution < -0.4 is 9.16 Å². The molecule has 0 fully saturated rings. The lowest BCUT2D eigenvalue weighted by atomic mass is 10.1. The van der Waals surface area contributed by atoms with Gasteiger partial charge < -0.3 is 13.9 Å². The Kier molecular flexibility index (Phi) is 9.16. The van der Waals surface area contributed by atoms with E-state index in [1.54, 1.807) is 24.3 Å². The van der Waals surface area contributed by atoms with E-state index in [1.165, 1.54) is 20.3 Å². The minimum absolute atomic E-state index is 0.0137. The number of halogens is 3. The number of rotatable bonds is 9. The molecule has 2 aromatic carbocycles. The molecule has 188 valence electrons. The van der Waals surface area contributed by atoms with E-state index >= 15 is 0 Å². The molecule has 0 unspecified atom stereocenters. The first-order valence-electron chi connectivity index (χ1n) is 11.1. The summed E-state index contributed by atoms with van der Waals surface area (Å²) >= 11 is 0. The van der Waals surface area contributed by atoms with Crippen molar-refractivity contribution in [3.05, 3.63) is 64.7 Å². The molecule has 0 aliphatic heterocycles. The van der Waals surface area contributed by atoms with E-state index in [4.69, 9.17) is 9.16 Å². The van der Waals surface area contributed by atoms with E-state index in [2.05, 4.69) is 10.8 Å². The highest BCUT2D eigenvalue weighted by molar-refractivity contribution is 6.76. The van der Waals surface area contributed by atoms with Gasteiger partial charge in [-0.05, 0) is 52.6 Å². The van der Waals surface area contributed by atoms with Crippen molar-refractivity contribution in [2.75, 3.05) is 14.2 Å². The Morgan fingerprint density at radius 1 is 1.09 bits per heavy atom. The zero-order valence-corrected chi connectivity index (χ0v) is 21.7. The van der Waals surface area contributed by atoms with E-state index in [9.17, 15) is 23.2 Å². The molecule has 0 atom stereocenters. The van der Waals surface area contributed by atoms with Gasteiger partial charge in [0.05, 0.1) is 25.3 Å². The van der Waals surface area contributed by atoms with Gasteiger partial charge >= 0.3 is 12.1 Å². The molecule has 2 aromatic rings. The number of methoxy groups -OCH3 is 2. The molecule has 5 nitrogen and oxygen atoms in total. The Bertz CT molecular complexity index is 1110. The van der Waals surface area contributed by atoms with Crippen LogP contribution in [0, 0.1) is 11.3 Å². The lowest BCUT2D eigenvalue weighted by Crippen LogP contribution is -2.50. The molecule has 0 aliphatic carbocycles. The van der Waals surface area contributed by atoms with Crippen molar-refractivity contribution in [1.82, 2.24) is 0 Å². The van der Waals surface area contributed by atoms with Crippen LogP contribution in [0.1, 0.15) is 49.9 Å². The Hall–Kier alpha value is -3.25. The van der Waals surface area contributed by atoms with Crippen LogP contribution in [0.5, 0.6) is 11.5 Å². The summed E-state index contributed by atoms with van der Waals surface area (Å²) in [7, 11) is -0.145. The second-order valence-electron chi connectivity index (χ2n) is 8.83. The third-order valence-electron chi connectivity index (χ3n) is 6.00. The zero-order chi connectivity index (χ0) is 26.4.